The predicted octanol–water partition coefficient (Wildman–Crippen LogP) is 2.38. The molecule has 2 nitrogen and oxygen atoms in total. The number of anilines is 2. The van der Waals surface area contributed by atoms with E-state index < -0.39 is 0 Å². The molecule has 0 aliphatic heterocycles. The Labute approximate surface area is 83.3 Å². The second kappa shape index (κ2) is 3.54. The molecule has 0 atom stereocenters. The van der Waals surface area contributed by atoms with Gasteiger partial charge in [0.25, 0.3) is 0 Å². The van der Waals surface area contributed by atoms with Gasteiger partial charge in [-0.05, 0) is 12.1 Å². The van der Waals surface area contributed by atoms with Gasteiger partial charge in [0, 0.05) is 22.5 Å². The van der Waals surface area contributed by atoms with Gasteiger partial charge in [0.2, 0.25) is 0 Å². The Kier molecular flexibility index (Phi) is 2.63. The van der Waals surface area contributed by atoms with Crippen LogP contribution in [0.2, 0.25) is 0 Å². The Hall–Kier alpha value is -1.41. The maximum absolute atomic E-state index is 5.79. The van der Waals surface area contributed by atoms with Crippen molar-refractivity contribution in [1.29, 1.82) is 0 Å². The third-order valence-corrected chi connectivity index (χ3v) is 1.99. The zero-order chi connectivity index (χ0) is 8.55. The lowest BCUT2D eigenvalue weighted by Crippen LogP contribution is -1.87. The van der Waals surface area contributed by atoms with E-state index in [0.29, 0.717) is 0 Å². The smallest absolute Gasteiger partial charge is 0.0394 e. The summed E-state index contributed by atoms with van der Waals surface area (Å²) in [5.74, 6) is 0. The standard InChI is InChI=1S/C10H10N2.ClH/c11-9-5-2-6-10(12)8-4-1-3-7(8)9;/h1-6H,11-12H2;1H. The van der Waals surface area contributed by atoms with Crippen molar-refractivity contribution in [2.75, 3.05) is 11.5 Å². The summed E-state index contributed by atoms with van der Waals surface area (Å²) in [5.41, 5.74) is 15.2. The topological polar surface area (TPSA) is 52.0 Å². The van der Waals surface area contributed by atoms with Gasteiger partial charge in [-0.2, -0.15) is 0 Å². The van der Waals surface area contributed by atoms with E-state index in [9.17, 15) is 0 Å². The average Bonchev–Trinajstić information content (AvgIpc) is 2.47. The minimum Gasteiger partial charge on any atom is -0.398 e. The van der Waals surface area contributed by atoms with Crippen molar-refractivity contribution in [3.63, 3.8) is 0 Å². The maximum Gasteiger partial charge on any atom is 0.0394 e. The molecule has 68 valence electrons. The molecule has 0 saturated carbocycles. The van der Waals surface area contributed by atoms with Crippen LogP contribution in [-0.2, 0) is 0 Å². The number of rotatable bonds is 0. The first-order chi connectivity index (χ1) is 5.79. The highest BCUT2D eigenvalue weighted by Crippen LogP contribution is 2.31. The monoisotopic (exact) mass is 194 g/mol. The van der Waals surface area contributed by atoms with Gasteiger partial charge in [-0.15, -0.1) is 12.4 Å². The van der Waals surface area contributed by atoms with Crippen molar-refractivity contribution < 1.29 is 0 Å². The summed E-state index contributed by atoms with van der Waals surface area (Å²) in [6.07, 6.45) is 0. The fourth-order valence-electron chi connectivity index (χ4n) is 1.36. The minimum atomic E-state index is 0. The number of halogens is 1. The first kappa shape index (κ1) is 9.68. The summed E-state index contributed by atoms with van der Waals surface area (Å²) in [5, 5.41) is 0. The lowest BCUT2D eigenvalue weighted by Gasteiger charge is -1.98. The van der Waals surface area contributed by atoms with Crippen LogP contribution < -0.4 is 11.5 Å². The normalized spacial score (nSPS) is 9.54. The van der Waals surface area contributed by atoms with E-state index in [4.69, 9.17) is 11.5 Å². The Bertz CT molecular complexity index is 353. The first-order valence-electron chi connectivity index (χ1n) is 3.82. The summed E-state index contributed by atoms with van der Waals surface area (Å²) < 4.78 is 0. The Morgan fingerprint density at radius 1 is 0.692 bits per heavy atom. The molecule has 3 heteroatoms. The fraction of sp³-hybridized carbons (Fsp3) is 0. The molecule has 0 aromatic heterocycles. The van der Waals surface area contributed by atoms with Crippen LogP contribution in [0.1, 0.15) is 0 Å². The van der Waals surface area contributed by atoms with Crippen molar-refractivity contribution in [2.24, 2.45) is 0 Å². The Morgan fingerprint density at radius 2 is 1.08 bits per heavy atom. The van der Waals surface area contributed by atoms with Crippen LogP contribution in [0.25, 0.3) is 11.1 Å². The maximum atomic E-state index is 5.79. The molecule has 0 aromatic rings. The van der Waals surface area contributed by atoms with E-state index in [-0.39, 0.29) is 12.4 Å². The van der Waals surface area contributed by atoms with Crippen LogP contribution in [0.4, 0.5) is 11.4 Å². The molecule has 2 aliphatic carbocycles. The molecule has 0 spiro atoms. The van der Waals surface area contributed by atoms with Gasteiger partial charge >= 0.3 is 0 Å². The summed E-state index contributed by atoms with van der Waals surface area (Å²) >= 11 is 0. The van der Waals surface area contributed by atoms with Gasteiger partial charge in [-0.1, -0.05) is 24.3 Å². The Morgan fingerprint density at radius 3 is 1.54 bits per heavy atom. The van der Waals surface area contributed by atoms with Crippen LogP contribution in [0, 0.1) is 0 Å². The van der Waals surface area contributed by atoms with Crippen molar-refractivity contribution in [3.05, 3.63) is 36.4 Å². The zero-order valence-corrected chi connectivity index (χ0v) is 7.84. The van der Waals surface area contributed by atoms with Crippen LogP contribution in [0.3, 0.4) is 0 Å². The van der Waals surface area contributed by atoms with Gasteiger partial charge in [0.1, 0.15) is 0 Å². The lowest BCUT2D eigenvalue weighted by molar-refractivity contribution is 1.77. The highest BCUT2D eigenvalue weighted by atomic mass is 35.5. The molecule has 0 fully saturated rings. The van der Waals surface area contributed by atoms with Gasteiger partial charge in [0.05, 0.1) is 0 Å². The third-order valence-electron chi connectivity index (χ3n) is 1.99. The Balaban J connectivity index is 0.000000845. The van der Waals surface area contributed by atoms with Crippen LogP contribution >= 0.6 is 12.4 Å². The predicted molar refractivity (Wildman–Crippen MR) is 59.1 cm³/mol. The second-order valence-electron chi connectivity index (χ2n) is 2.79. The highest BCUT2D eigenvalue weighted by molar-refractivity contribution is 5.86. The van der Waals surface area contributed by atoms with Gasteiger partial charge in [0.15, 0.2) is 0 Å². The van der Waals surface area contributed by atoms with Crippen molar-refractivity contribution in [3.8, 4) is 11.1 Å². The molecule has 0 aromatic carbocycles. The van der Waals surface area contributed by atoms with Crippen molar-refractivity contribution in [2.45, 2.75) is 0 Å². The molecular weight excluding hydrogens is 184 g/mol. The quantitative estimate of drug-likeness (QED) is 0.677. The van der Waals surface area contributed by atoms with E-state index >= 15 is 0 Å². The summed E-state index contributed by atoms with van der Waals surface area (Å²) in [7, 11) is 0. The highest BCUT2D eigenvalue weighted by Gasteiger charge is 2.05. The SMILES string of the molecule is Cl.Nc1cccc(N)c2cccc1-2. The van der Waals surface area contributed by atoms with E-state index in [0.717, 1.165) is 22.5 Å². The summed E-state index contributed by atoms with van der Waals surface area (Å²) in [6, 6.07) is 11.5. The third kappa shape index (κ3) is 1.53. The van der Waals surface area contributed by atoms with Gasteiger partial charge in [-0.25, -0.2) is 0 Å². The number of fused-ring (bicyclic) bond motifs is 1. The molecule has 2 rings (SSSR count). The fourth-order valence-corrected chi connectivity index (χ4v) is 1.36. The molecule has 4 N–H and O–H groups in total. The van der Waals surface area contributed by atoms with E-state index in [2.05, 4.69) is 0 Å². The van der Waals surface area contributed by atoms with Crippen LogP contribution in [-0.4, -0.2) is 0 Å². The molecule has 0 saturated heterocycles. The molecule has 0 bridgehead atoms. The zero-order valence-electron chi connectivity index (χ0n) is 7.03. The number of hydrogen-bond acceptors (Lipinski definition) is 2. The number of nitrogens with two attached hydrogens (primary N) is 2. The average molecular weight is 195 g/mol. The van der Waals surface area contributed by atoms with E-state index in [1.165, 1.54) is 0 Å². The molecule has 0 amide bonds. The molecule has 0 unspecified atom stereocenters. The second-order valence-corrected chi connectivity index (χ2v) is 2.79. The van der Waals surface area contributed by atoms with Crippen LogP contribution in [0.5, 0.6) is 0 Å². The largest absolute Gasteiger partial charge is 0.398 e. The van der Waals surface area contributed by atoms with Crippen molar-refractivity contribution >= 4 is 23.8 Å². The minimum absolute atomic E-state index is 0. The molecular formula is C10H11ClN2. The van der Waals surface area contributed by atoms with E-state index in [1.54, 1.807) is 0 Å². The first-order valence-corrected chi connectivity index (χ1v) is 3.82. The summed E-state index contributed by atoms with van der Waals surface area (Å²) in [6.45, 7) is 0. The molecule has 13 heavy (non-hydrogen) atoms. The van der Waals surface area contributed by atoms with E-state index in [1.807, 2.05) is 36.4 Å². The molecule has 2 aliphatic rings. The number of nitrogen functional groups attached to an aromatic ring is 2. The summed E-state index contributed by atoms with van der Waals surface area (Å²) in [4.78, 5) is 0. The van der Waals surface area contributed by atoms with Crippen molar-refractivity contribution in [1.82, 2.24) is 0 Å². The molecule has 0 heterocycles. The molecule has 0 radical (unpaired) electrons. The lowest BCUT2D eigenvalue weighted by atomic mass is 10.1. The van der Waals surface area contributed by atoms with Gasteiger partial charge < -0.3 is 11.5 Å². The van der Waals surface area contributed by atoms with Crippen LogP contribution in [0.15, 0.2) is 36.4 Å². The van der Waals surface area contributed by atoms with Gasteiger partial charge in [-0.3, -0.25) is 0 Å². The number of hydrogen-bond donors (Lipinski definition) is 2.